The molecule has 1 heterocycles. The van der Waals surface area contributed by atoms with E-state index in [2.05, 4.69) is 4.90 Å². The van der Waals surface area contributed by atoms with Crippen molar-refractivity contribution in [3.05, 3.63) is 30.1 Å². The number of likely N-dealkylation sites (tertiary alicyclic amines) is 1. The maximum atomic E-state index is 13.5. The first-order valence-electron chi connectivity index (χ1n) is 7.40. The highest BCUT2D eigenvalue weighted by Crippen LogP contribution is 2.35. The van der Waals surface area contributed by atoms with Crippen LogP contribution in [-0.4, -0.2) is 41.4 Å². The van der Waals surface area contributed by atoms with Gasteiger partial charge in [-0.3, -0.25) is 4.79 Å². The second-order valence-corrected chi connectivity index (χ2v) is 6.78. The summed E-state index contributed by atoms with van der Waals surface area (Å²) in [7, 11) is 0. The lowest BCUT2D eigenvalue weighted by atomic mass is 9.83. The largest absolute Gasteiger partial charge is 0.481 e. The quantitative estimate of drug-likeness (QED) is 0.783. The minimum Gasteiger partial charge on any atom is -0.481 e. The smallest absolute Gasteiger partial charge is 0.310 e. The van der Waals surface area contributed by atoms with Gasteiger partial charge in [-0.2, -0.15) is 0 Å². The van der Waals surface area contributed by atoms with Gasteiger partial charge in [0.2, 0.25) is 0 Å². The molecule has 1 atom stereocenters. The van der Waals surface area contributed by atoms with Gasteiger partial charge in [0.25, 0.3) is 0 Å². The van der Waals surface area contributed by atoms with E-state index in [4.69, 9.17) is 0 Å². The van der Waals surface area contributed by atoms with Gasteiger partial charge in [0.15, 0.2) is 0 Å². The molecule has 0 radical (unpaired) electrons. The predicted octanol–water partition coefficient (Wildman–Crippen LogP) is 3.49. The number of carbonyl (C=O) groups is 1. The van der Waals surface area contributed by atoms with Crippen molar-refractivity contribution in [2.75, 3.05) is 25.4 Å². The molecule has 0 amide bonds. The van der Waals surface area contributed by atoms with Gasteiger partial charge in [0.05, 0.1) is 5.41 Å². The molecule has 21 heavy (non-hydrogen) atoms. The lowest BCUT2D eigenvalue weighted by Gasteiger charge is -2.24. The first kappa shape index (κ1) is 16.3. The van der Waals surface area contributed by atoms with Crippen LogP contribution < -0.4 is 0 Å². The maximum Gasteiger partial charge on any atom is 0.310 e. The molecule has 1 aromatic rings. The fourth-order valence-corrected chi connectivity index (χ4v) is 3.91. The first-order valence-corrected chi connectivity index (χ1v) is 8.39. The Morgan fingerprint density at radius 3 is 2.90 bits per heavy atom. The summed E-state index contributed by atoms with van der Waals surface area (Å²) in [5, 5.41) is 9.47. The van der Waals surface area contributed by atoms with Crippen LogP contribution in [0.3, 0.4) is 0 Å². The molecule has 1 saturated heterocycles. The minimum atomic E-state index is -0.673. The van der Waals surface area contributed by atoms with Crippen molar-refractivity contribution in [3.8, 4) is 0 Å². The van der Waals surface area contributed by atoms with E-state index < -0.39 is 11.4 Å². The molecule has 1 N–H and O–H groups in total. The van der Waals surface area contributed by atoms with E-state index in [1.165, 1.54) is 17.8 Å². The predicted molar refractivity (Wildman–Crippen MR) is 83.2 cm³/mol. The minimum absolute atomic E-state index is 0.185. The van der Waals surface area contributed by atoms with Crippen LogP contribution in [0.2, 0.25) is 0 Å². The van der Waals surface area contributed by atoms with E-state index in [1.807, 2.05) is 13.0 Å². The summed E-state index contributed by atoms with van der Waals surface area (Å²) in [6.07, 6.45) is 2.35. The Morgan fingerprint density at radius 1 is 1.48 bits per heavy atom. The van der Waals surface area contributed by atoms with Crippen LogP contribution in [0.4, 0.5) is 4.39 Å². The van der Waals surface area contributed by atoms with Gasteiger partial charge in [-0.25, -0.2) is 4.39 Å². The molecule has 3 nitrogen and oxygen atoms in total. The number of rotatable bonds is 7. The molecular formula is C16H22FNO2S. The zero-order valence-electron chi connectivity index (χ0n) is 12.3. The van der Waals surface area contributed by atoms with Crippen LogP contribution in [0.5, 0.6) is 0 Å². The third-order valence-corrected chi connectivity index (χ3v) is 5.15. The Kier molecular flexibility index (Phi) is 5.65. The topological polar surface area (TPSA) is 40.5 Å². The van der Waals surface area contributed by atoms with Crippen LogP contribution in [0.1, 0.15) is 26.2 Å². The van der Waals surface area contributed by atoms with E-state index >= 15 is 0 Å². The molecule has 1 aliphatic heterocycles. The highest BCUT2D eigenvalue weighted by molar-refractivity contribution is 7.99. The molecule has 0 bridgehead atoms. The Hall–Kier alpha value is -1.07. The van der Waals surface area contributed by atoms with Gasteiger partial charge in [-0.1, -0.05) is 25.5 Å². The van der Waals surface area contributed by atoms with E-state index in [0.717, 1.165) is 38.1 Å². The normalized spacial score (nSPS) is 22.6. The second-order valence-electron chi connectivity index (χ2n) is 5.64. The average molecular weight is 311 g/mol. The Balaban J connectivity index is 1.83. The van der Waals surface area contributed by atoms with Gasteiger partial charge in [0, 0.05) is 23.7 Å². The number of thioether (sulfide) groups is 1. The fraction of sp³-hybridized carbons (Fsp3) is 0.562. The molecule has 1 aliphatic rings. The van der Waals surface area contributed by atoms with Crippen molar-refractivity contribution in [2.24, 2.45) is 5.41 Å². The molecule has 0 aromatic heterocycles. The maximum absolute atomic E-state index is 13.5. The lowest BCUT2D eigenvalue weighted by molar-refractivity contribution is -0.148. The van der Waals surface area contributed by atoms with E-state index in [-0.39, 0.29) is 5.82 Å². The molecule has 0 spiro atoms. The van der Waals surface area contributed by atoms with Crippen molar-refractivity contribution in [1.29, 1.82) is 0 Å². The van der Waals surface area contributed by atoms with Gasteiger partial charge in [-0.05, 0) is 31.5 Å². The molecular weight excluding hydrogens is 289 g/mol. The fourth-order valence-electron chi connectivity index (χ4n) is 2.96. The monoisotopic (exact) mass is 311 g/mol. The molecule has 0 aliphatic carbocycles. The van der Waals surface area contributed by atoms with E-state index in [1.54, 1.807) is 12.1 Å². The first-order chi connectivity index (χ1) is 10.1. The zero-order valence-corrected chi connectivity index (χ0v) is 13.2. The standard InChI is InChI=1S/C16H22FNO2S/c1-2-7-16(15(19)20)8-9-18(12-16)10-11-21-14-6-4-3-5-13(14)17/h3-6H,2,7-12H2,1H3,(H,19,20). The molecule has 5 heteroatoms. The molecule has 1 fully saturated rings. The summed E-state index contributed by atoms with van der Waals surface area (Å²) in [5.74, 6) is -0.0775. The average Bonchev–Trinajstić information content (AvgIpc) is 2.86. The summed E-state index contributed by atoms with van der Waals surface area (Å²) in [4.78, 5) is 14.4. The number of halogens is 1. The Bertz CT molecular complexity index is 497. The summed E-state index contributed by atoms with van der Waals surface area (Å²) < 4.78 is 13.5. The highest BCUT2D eigenvalue weighted by atomic mass is 32.2. The van der Waals surface area contributed by atoms with Crippen LogP contribution in [0.15, 0.2) is 29.2 Å². The lowest BCUT2D eigenvalue weighted by Crippen LogP contribution is -2.35. The Labute approximate surface area is 129 Å². The molecule has 2 rings (SSSR count). The van der Waals surface area contributed by atoms with E-state index in [0.29, 0.717) is 11.4 Å². The molecule has 1 aromatic carbocycles. The highest BCUT2D eigenvalue weighted by Gasteiger charge is 2.43. The molecule has 1 unspecified atom stereocenters. The van der Waals surface area contributed by atoms with Crippen LogP contribution in [0, 0.1) is 11.2 Å². The molecule has 116 valence electrons. The van der Waals surface area contributed by atoms with E-state index in [9.17, 15) is 14.3 Å². The number of benzene rings is 1. The number of nitrogens with zero attached hydrogens (tertiary/aromatic N) is 1. The van der Waals surface area contributed by atoms with Gasteiger partial charge >= 0.3 is 5.97 Å². The van der Waals surface area contributed by atoms with Crippen LogP contribution in [-0.2, 0) is 4.79 Å². The Morgan fingerprint density at radius 2 is 2.24 bits per heavy atom. The van der Waals surface area contributed by atoms with Gasteiger partial charge in [0.1, 0.15) is 5.82 Å². The summed E-state index contributed by atoms with van der Waals surface area (Å²) in [6, 6.07) is 6.77. The summed E-state index contributed by atoms with van der Waals surface area (Å²) in [6.45, 7) is 4.28. The van der Waals surface area contributed by atoms with Gasteiger partial charge in [-0.15, -0.1) is 11.8 Å². The number of carboxylic acids is 1. The van der Waals surface area contributed by atoms with Crippen LogP contribution >= 0.6 is 11.8 Å². The van der Waals surface area contributed by atoms with Gasteiger partial charge < -0.3 is 10.0 Å². The van der Waals surface area contributed by atoms with Crippen molar-refractivity contribution in [2.45, 2.75) is 31.1 Å². The third kappa shape index (κ3) is 3.98. The summed E-state index contributed by atoms with van der Waals surface area (Å²) in [5.41, 5.74) is -0.572. The SMILES string of the molecule is CCCC1(C(=O)O)CCN(CCSc2ccccc2F)C1. The number of carboxylic acid groups (broad SMARTS) is 1. The van der Waals surface area contributed by atoms with Crippen molar-refractivity contribution < 1.29 is 14.3 Å². The third-order valence-electron chi connectivity index (χ3n) is 4.12. The van der Waals surface area contributed by atoms with Crippen molar-refractivity contribution >= 4 is 17.7 Å². The van der Waals surface area contributed by atoms with Crippen LogP contribution in [0.25, 0.3) is 0 Å². The van der Waals surface area contributed by atoms with Crippen molar-refractivity contribution in [3.63, 3.8) is 0 Å². The molecule has 0 saturated carbocycles. The van der Waals surface area contributed by atoms with Crippen molar-refractivity contribution in [1.82, 2.24) is 4.90 Å². The number of hydrogen-bond acceptors (Lipinski definition) is 3. The zero-order chi connectivity index (χ0) is 15.3. The summed E-state index contributed by atoms with van der Waals surface area (Å²) >= 11 is 1.49. The number of aliphatic carboxylic acids is 1. The second kappa shape index (κ2) is 7.27. The number of hydrogen-bond donors (Lipinski definition) is 1.